The van der Waals surface area contributed by atoms with Crippen molar-refractivity contribution in [3.05, 3.63) is 35.8 Å². The van der Waals surface area contributed by atoms with Crippen LogP contribution in [0.15, 0.2) is 28.9 Å². The molecule has 0 atom stereocenters. The van der Waals surface area contributed by atoms with Crippen LogP contribution in [0.3, 0.4) is 0 Å². The number of methoxy groups -OCH3 is 2. The lowest BCUT2D eigenvalue weighted by atomic mass is 10.2. The van der Waals surface area contributed by atoms with Crippen molar-refractivity contribution in [2.45, 2.75) is 10.4 Å². The van der Waals surface area contributed by atoms with Gasteiger partial charge in [-0.2, -0.15) is 13.2 Å². The second-order valence-corrected chi connectivity index (χ2v) is 7.58. The molecule has 1 amide bonds. The first-order chi connectivity index (χ1) is 14.3. The molecule has 0 aliphatic rings. The number of amides is 1. The summed E-state index contributed by atoms with van der Waals surface area (Å²) >= 11 is 2.48. The highest BCUT2D eigenvalue weighted by Crippen LogP contribution is 2.38. The maximum atomic E-state index is 12.8. The highest BCUT2D eigenvalue weighted by Gasteiger charge is 2.31. The summed E-state index contributed by atoms with van der Waals surface area (Å²) in [6.07, 6.45) is -0.763. The summed E-state index contributed by atoms with van der Waals surface area (Å²) in [6.45, 7) is 0. The number of hydrogen-bond donors (Lipinski definition) is 1. The van der Waals surface area contributed by atoms with Crippen LogP contribution in [-0.2, 0) is 6.18 Å². The number of carbonyl (C=O) groups is 1. The van der Waals surface area contributed by atoms with Gasteiger partial charge in [0.15, 0.2) is 10.7 Å². The molecule has 0 fully saturated rings. The molecular formula is C17H14F3N5O3S2. The van der Waals surface area contributed by atoms with Crippen LogP contribution in [0.4, 0.5) is 18.3 Å². The number of aromatic nitrogens is 4. The van der Waals surface area contributed by atoms with Crippen LogP contribution in [-0.4, -0.2) is 46.3 Å². The van der Waals surface area contributed by atoms with Gasteiger partial charge in [-0.15, -0.1) is 11.8 Å². The van der Waals surface area contributed by atoms with Gasteiger partial charge in [0.05, 0.1) is 29.7 Å². The smallest absolute Gasteiger partial charge is 0.417 e. The zero-order valence-electron chi connectivity index (χ0n) is 15.8. The van der Waals surface area contributed by atoms with Gasteiger partial charge in [-0.1, -0.05) is 11.3 Å². The Hall–Kier alpha value is -2.93. The van der Waals surface area contributed by atoms with Gasteiger partial charge in [0, 0.05) is 6.20 Å². The van der Waals surface area contributed by atoms with Crippen molar-refractivity contribution in [3.63, 3.8) is 0 Å². The average Bonchev–Trinajstić information content (AvgIpc) is 3.15. The number of thiazole rings is 1. The third-order valence-electron chi connectivity index (χ3n) is 3.73. The molecule has 0 unspecified atom stereocenters. The van der Waals surface area contributed by atoms with Crippen LogP contribution in [0.25, 0.3) is 11.4 Å². The molecule has 0 bridgehead atoms. The quantitative estimate of drug-likeness (QED) is 0.555. The molecule has 1 N–H and O–H groups in total. The molecule has 3 aromatic heterocycles. The highest BCUT2D eigenvalue weighted by molar-refractivity contribution is 8.00. The SMILES string of the molecule is COc1ncnc(OC)c1C(=O)Nc1nc(-c2ccc(C(F)(F)F)cn2)c(SC)s1. The topological polar surface area (TPSA) is 99.1 Å². The number of nitrogens with zero attached hydrogens (tertiary/aromatic N) is 4. The van der Waals surface area contributed by atoms with Gasteiger partial charge in [-0.25, -0.2) is 15.0 Å². The van der Waals surface area contributed by atoms with E-state index in [1.54, 1.807) is 6.26 Å². The fourth-order valence-electron chi connectivity index (χ4n) is 2.38. The monoisotopic (exact) mass is 457 g/mol. The third-order valence-corrected chi connectivity index (χ3v) is 5.81. The number of ether oxygens (including phenoxy) is 2. The molecule has 0 saturated heterocycles. The Morgan fingerprint density at radius 1 is 1.13 bits per heavy atom. The molecule has 3 heterocycles. The summed E-state index contributed by atoms with van der Waals surface area (Å²) in [7, 11) is 2.70. The molecule has 0 saturated carbocycles. The number of rotatable bonds is 6. The highest BCUT2D eigenvalue weighted by atomic mass is 32.2. The first-order valence-corrected chi connectivity index (χ1v) is 10.1. The largest absolute Gasteiger partial charge is 0.480 e. The molecule has 3 rings (SSSR count). The second kappa shape index (κ2) is 8.83. The minimum absolute atomic E-state index is 0.0161. The molecule has 0 aromatic carbocycles. The van der Waals surface area contributed by atoms with E-state index in [9.17, 15) is 18.0 Å². The Labute approximate surface area is 176 Å². The summed E-state index contributed by atoms with van der Waals surface area (Å²) in [4.78, 5) is 28.7. The number of thioether (sulfide) groups is 1. The zero-order chi connectivity index (χ0) is 21.9. The van der Waals surface area contributed by atoms with E-state index in [0.29, 0.717) is 9.90 Å². The normalized spacial score (nSPS) is 11.3. The van der Waals surface area contributed by atoms with Gasteiger partial charge in [-0.3, -0.25) is 15.1 Å². The number of pyridine rings is 1. The Morgan fingerprint density at radius 3 is 2.30 bits per heavy atom. The van der Waals surface area contributed by atoms with Gasteiger partial charge in [-0.05, 0) is 18.4 Å². The number of hydrogen-bond acceptors (Lipinski definition) is 9. The second-order valence-electron chi connectivity index (χ2n) is 5.51. The molecule has 0 radical (unpaired) electrons. The fourth-order valence-corrected chi connectivity index (χ4v) is 4.00. The maximum Gasteiger partial charge on any atom is 0.417 e. The van der Waals surface area contributed by atoms with Crippen molar-refractivity contribution in [1.82, 2.24) is 19.9 Å². The summed E-state index contributed by atoms with van der Waals surface area (Å²) < 4.78 is 49.1. The van der Waals surface area contributed by atoms with Crippen LogP contribution in [0.1, 0.15) is 15.9 Å². The van der Waals surface area contributed by atoms with Gasteiger partial charge < -0.3 is 9.47 Å². The fraction of sp³-hybridized carbons (Fsp3) is 0.235. The average molecular weight is 457 g/mol. The predicted octanol–water partition coefficient (Wildman–Crippen LogP) is 4.01. The van der Waals surface area contributed by atoms with E-state index in [1.165, 1.54) is 38.4 Å². The molecule has 3 aromatic rings. The van der Waals surface area contributed by atoms with E-state index in [4.69, 9.17) is 9.47 Å². The Bertz CT molecular complexity index is 1040. The van der Waals surface area contributed by atoms with Crippen LogP contribution in [0, 0.1) is 0 Å². The van der Waals surface area contributed by atoms with Crippen molar-refractivity contribution in [2.24, 2.45) is 0 Å². The van der Waals surface area contributed by atoms with Gasteiger partial charge >= 0.3 is 6.18 Å². The van der Waals surface area contributed by atoms with Crippen molar-refractivity contribution in [2.75, 3.05) is 25.8 Å². The Balaban J connectivity index is 1.91. The summed E-state index contributed by atoms with van der Waals surface area (Å²) in [5, 5.41) is 2.83. The van der Waals surface area contributed by atoms with E-state index < -0.39 is 17.6 Å². The number of carbonyl (C=O) groups excluding carboxylic acids is 1. The van der Waals surface area contributed by atoms with Gasteiger partial charge in [0.25, 0.3) is 5.91 Å². The van der Waals surface area contributed by atoms with E-state index in [1.807, 2.05) is 0 Å². The van der Waals surface area contributed by atoms with Crippen LogP contribution in [0.5, 0.6) is 11.8 Å². The Kier molecular flexibility index (Phi) is 6.41. The van der Waals surface area contributed by atoms with E-state index in [0.717, 1.165) is 23.6 Å². The van der Waals surface area contributed by atoms with Crippen molar-refractivity contribution in [3.8, 4) is 23.1 Å². The van der Waals surface area contributed by atoms with Crippen molar-refractivity contribution in [1.29, 1.82) is 0 Å². The summed E-state index contributed by atoms with van der Waals surface area (Å²) in [6, 6.07) is 2.17. The van der Waals surface area contributed by atoms with Crippen molar-refractivity contribution < 1.29 is 27.4 Å². The first kappa shape index (κ1) is 21.8. The molecular weight excluding hydrogens is 443 g/mol. The third kappa shape index (κ3) is 4.46. The number of alkyl halides is 3. The van der Waals surface area contributed by atoms with E-state index in [-0.39, 0.29) is 28.1 Å². The van der Waals surface area contributed by atoms with Crippen LogP contribution < -0.4 is 14.8 Å². The molecule has 0 aliphatic carbocycles. The number of anilines is 1. The summed E-state index contributed by atoms with van der Waals surface area (Å²) in [5.41, 5.74) is -0.261. The molecule has 13 heteroatoms. The Morgan fingerprint density at radius 2 is 1.80 bits per heavy atom. The predicted molar refractivity (Wildman–Crippen MR) is 105 cm³/mol. The van der Waals surface area contributed by atoms with Crippen LogP contribution in [0.2, 0.25) is 0 Å². The maximum absolute atomic E-state index is 12.8. The molecule has 8 nitrogen and oxygen atoms in total. The molecule has 0 spiro atoms. The van der Waals surface area contributed by atoms with Gasteiger partial charge in [0.1, 0.15) is 12.0 Å². The lowest BCUT2D eigenvalue weighted by molar-refractivity contribution is -0.137. The lowest BCUT2D eigenvalue weighted by Crippen LogP contribution is -2.16. The minimum Gasteiger partial charge on any atom is -0.480 e. The molecule has 0 aliphatic heterocycles. The summed E-state index contributed by atoms with van der Waals surface area (Å²) in [5.74, 6) is -0.575. The van der Waals surface area contributed by atoms with Gasteiger partial charge in [0.2, 0.25) is 11.8 Å². The molecule has 158 valence electrons. The van der Waals surface area contributed by atoms with Crippen molar-refractivity contribution >= 4 is 34.1 Å². The first-order valence-electron chi connectivity index (χ1n) is 8.11. The van der Waals surface area contributed by atoms with Crippen LogP contribution >= 0.6 is 23.1 Å². The lowest BCUT2D eigenvalue weighted by Gasteiger charge is -2.09. The van der Waals surface area contributed by atoms with E-state index in [2.05, 4.69) is 25.3 Å². The minimum atomic E-state index is -4.48. The number of halogens is 3. The molecule has 30 heavy (non-hydrogen) atoms. The number of nitrogens with one attached hydrogen (secondary N) is 1. The van der Waals surface area contributed by atoms with E-state index >= 15 is 0 Å². The zero-order valence-corrected chi connectivity index (χ0v) is 17.4. The standard InChI is InChI=1S/C17H14F3N5O3S2/c1-27-13-10(14(28-2)23-7-22-13)12(26)25-16-24-11(15(29-3)30-16)9-5-4-8(6-21-9)17(18,19)20/h4-7H,1-3H3,(H,24,25,26).